The first-order valence-corrected chi connectivity index (χ1v) is 55.1. The van der Waals surface area contributed by atoms with Gasteiger partial charge in [0.15, 0.2) is 0 Å². The Morgan fingerprint density at radius 1 is 0.309 bits per heavy atom. The lowest BCUT2D eigenvalue weighted by Gasteiger charge is -2.19. The van der Waals surface area contributed by atoms with Crippen LogP contribution >= 0.6 is 114 Å². The summed E-state index contributed by atoms with van der Waals surface area (Å²) < 4.78 is 50.9. The van der Waals surface area contributed by atoms with Gasteiger partial charge >= 0.3 is 0 Å². The van der Waals surface area contributed by atoms with E-state index >= 15 is 9.59 Å². The smallest absolute Gasteiger partial charge is 0.263 e. The largest absolute Gasteiger partial charge is 0.493 e. The summed E-state index contributed by atoms with van der Waals surface area (Å²) in [6.45, 7) is 33.2. The van der Waals surface area contributed by atoms with Crippen LogP contribution in [-0.2, 0) is 0 Å². The number of thiophene rings is 9. The second-order valence-electron chi connectivity index (χ2n) is 34.5. The van der Waals surface area contributed by atoms with Gasteiger partial charge in [0.25, 0.3) is 11.8 Å². The van der Waals surface area contributed by atoms with E-state index in [4.69, 9.17) is 32.4 Å². The molecule has 0 radical (unpaired) electrons. The van der Waals surface area contributed by atoms with Gasteiger partial charge in [-0.05, 0) is 156 Å². The number of rotatable bonds is 54. The van der Waals surface area contributed by atoms with Crippen LogP contribution in [0.1, 0.15) is 311 Å². The zero-order valence-corrected chi connectivity index (χ0v) is 83.6. The van der Waals surface area contributed by atoms with E-state index in [0.29, 0.717) is 74.4 Å². The van der Waals surface area contributed by atoms with Crippen LogP contribution in [0.4, 0.5) is 0 Å². The molecule has 0 saturated carbocycles. The number of ether oxygens (including phenoxy) is 5. The van der Waals surface area contributed by atoms with Gasteiger partial charge in [-0.2, -0.15) is 8.75 Å². The lowest BCUT2D eigenvalue weighted by atomic mass is 9.98. The second-order valence-corrected chi connectivity index (χ2v) is 45.0. The van der Waals surface area contributed by atoms with Crippen LogP contribution in [0, 0.1) is 44.4 Å². The monoisotopic (exact) mass is 1840 g/mol. The number of carbonyl (C=O) groups is 2. The summed E-state index contributed by atoms with van der Waals surface area (Å²) in [5.41, 5.74) is 6.19. The molecule has 10 nitrogen and oxygen atoms in total. The van der Waals surface area contributed by atoms with Crippen LogP contribution in [0.3, 0.4) is 0 Å². The number of fused-ring (bicyclic) bond motifs is 6. The van der Waals surface area contributed by atoms with Gasteiger partial charge < -0.3 is 23.7 Å². The van der Waals surface area contributed by atoms with Gasteiger partial charge in [-0.3, -0.25) is 14.5 Å². The highest BCUT2D eigenvalue weighted by molar-refractivity contribution is 7.32. The summed E-state index contributed by atoms with van der Waals surface area (Å²) in [5, 5.41) is 4.40. The summed E-state index contributed by atoms with van der Waals surface area (Å²) in [4.78, 5) is 47.7. The van der Waals surface area contributed by atoms with Crippen molar-refractivity contribution < 1.29 is 33.3 Å². The normalized spacial score (nSPS) is 13.6. The van der Waals surface area contributed by atoms with Gasteiger partial charge in [0.1, 0.15) is 39.8 Å². The van der Waals surface area contributed by atoms with E-state index in [1.54, 1.807) is 72.9 Å². The van der Waals surface area contributed by atoms with Crippen molar-refractivity contribution in [1.29, 1.82) is 0 Å². The van der Waals surface area contributed by atoms with Crippen LogP contribution in [0.2, 0.25) is 0 Å². The lowest BCUT2D eigenvalue weighted by Crippen LogP contribution is -2.31. The Hall–Kier alpha value is -6.04. The fourth-order valence-corrected chi connectivity index (χ4v) is 28.5. The second kappa shape index (κ2) is 45.3. The van der Waals surface area contributed by atoms with Crippen LogP contribution in [0.5, 0.6) is 28.7 Å². The average Bonchev–Trinajstić information content (AvgIpc) is 1.58. The molecular formula is C103H131N3O7S10. The van der Waals surface area contributed by atoms with Gasteiger partial charge in [-0.25, -0.2) is 0 Å². The fraction of sp³-hybridized carbons (Fsp3) is 0.534. The number of imide groups is 1. The Kier molecular flexibility index (Phi) is 34.3. The molecule has 4 atom stereocenters. The first-order valence-electron chi connectivity index (χ1n) is 47.0. The van der Waals surface area contributed by atoms with Crippen molar-refractivity contribution in [2.45, 2.75) is 295 Å². The van der Waals surface area contributed by atoms with E-state index in [-0.39, 0.29) is 11.8 Å². The van der Waals surface area contributed by atoms with Gasteiger partial charge in [0.05, 0.1) is 90.0 Å². The van der Waals surface area contributed by atoms with Crippen LogP contribution in [0.15, 0.2) is 72.8 Å². The molecule has 10 aromatic heterocycles. The van der Waals surface area contributed by atoms with E-state index in [9.17, 15) is 0 Å². The molecule has 1 aliphatic rings. The molecule has 0 N–H and O–H groups in total. The van der Waals surface area contributed by atoms with Gasteiger partial charge in [-0.15, -0.1) is 102 Å². The first kappa shape index (κ1) is 93.1. The van der Waals surface area contributed by atoms with Crippen molar-refractivity contribution in [2.75, 3.05) is 39.6 Å². The molecule has 4 unspecified atom stereocenters. The zero-order valence-electron chi connectivity index (χ0n) is 75.4. The summed E-state index contributed by atoms with van der Waals surface area (Å²) >= 11 is 17.2. The van der Waals surface area contributed by atoms with Gasteiger partial charge in [0, 0.05) is 97.7 Å². The molecule has 3 aromatic carbocycles. The quantitative estimate of drug-likeness (QED) is 0.0272. The molecule has 14 rings (SSSR count). The maximum absolute atomic E-state index is 15.4. The Morgan fingerprint density at radius 2 is 0.659 bits per heavy atom. The molecule has 123 heavy (non-hydrogen) atoms. The molecule has 2 amide bonds. The van der Waals surface area contributed by atoms with E-state index in [1.807, 2.05) is 34.0 Å². The number of carbonyl (C=O) groups excluding carboxylic acids is 2. The minimum atomic E-state index is -0.179. The van der Waals surface area contributed by atoms with E-state index < -0.39 is 0 Å². The molecular weight excluding hydrogens is 1710 g/mol. The van der Waals surface area contributed by atoms with Crippen LogP contribution in [0.25, 0.3) is 121 Å². The molecule has 0 saturated heterocycles. The SMILES string of the molecule is CCCCCCCCCCCCOc1c(C)c(-c2ccc(-c3cc4c(OCC(CC)CCCC)c5sc(-c6ccc(-c7sc(-c8ccc(-c9cc%10c(OCC(CC)CCCC)c%11sc(C)cc%11c(OCC(CC)CCCC)c%10s9)s8)c8c7C(=O)N(CCCCCCCC)C8=O)s6)cc5c(OCC(CC)CCCC)c4s3)s2)c2nsnc2c1-c1ccc(C)s1. The van der Waals surface area contributed by atoms with Crippen LogP contribution in [-0.4, -0.2) is 65.0 Å². The number of aryl methyl sites for hydroxylation is 2. The number of amides is 2. The van der Waals surface area contributed by atoms with Gasteiger partial charge in [-0.1, -0.05) is 236 Å². The average molecular weight is 1840 g/mol. The Morgan fingerprint density at radius 3 is 1.07 bits per heavy atom. The van der Waals surface area contributed by atoms with E-state index in [0.717, 1.165) is 263 Å². The predicted molar refractivity (Wildman–Crippen MR) is 542 cm³/mol. The summed E-state index contributed by atoms with van der Waals surface area (Å²) in [6.07, 6.45) is 37.2. The third-order valence-electron chi connectivity index (χ3n) is 25.3. The lowest BCUT2D eigenvalue weighted by molar-refractivity contribution is 0.0651. The summed E-state index contributed by atoms with van der Waals surface area (Å²) in [5.74, 6) is 6.09. The first-order chi connectivity index (χ1) is 60.2. The molecule has 660 valence electrons. The molecule has 11 heterocycles. The molecule has 13 aromatic rings. The van der Waals surface area contributed by atoms with E-state index in [2.05, 4.69) is 163 Å². The number of nitrogens with zero attached hydrogens (tertiary/aromatic N) is 3. The third kappa shape index (κ3) is 21.5. The minimum absolute atomic E-state index is 0.178. The molecule has 0 aliphatic carbocycles. The summed E-state index contributed by atoms with van der Waals surface area (Å²) in [7, 11) is 0. The number of hydrogen-bond donors (Lipinski definition) is 0. The number of hydrogen-bond acceptors (Lipinski definition) is 19. The molecule has 20 heteroatoms. The molecule has 1 aliphatic heterocycles. The van der Waals surface area contributed by atoms with E-state index in [1.165, 1.54) is 120 Å². The number of benzene rings is 3. The van der Waals surface area contributed by atoms with Crippen molar-refractivity contribution in [1.82, 2.24) is 13.6 Å². The van der Waals surface area contributed by atoms with Crippen molar-refractivity contribution >= 4 is 177 Å². The maximum Gasteiger partial charge on any atom is 0.263 e. The van der Waals surface area contributed by atoms with Crippen LogP contribution < -0.4 is 23.7 Å². The maximum atomic E-state index is 15.4. The standard InChI is InChI=1S/C103H131N3O7S10/c1-14-24-30-32-34-35-36-37-39-41-55-109-91-66(13)85(89-90(105-123-104-89)86(91)79-47-46-64(11)114-79)78-51-48-75(116-78)82-58-73-94(112-62-69(22-9)44-28-18-5)99-74(95(98(73)119-82)113-63-70(23-10)45-29-19-6)59-84(121-99)77-50-53-81(118-77)101-88-87(102(107)106(103(88)108)54-40-38-33-31-25-15-2)100(122-101)80-52-49-76(117-80)83-57-72-93(111-61-68(21-8)43-27-17-4)96-71(56-65(12)115-96)92(97(72)120-83)110-60-67(20-7)42-26-16-3/h46-53,56-59,67-70H,14-45,54-55,60-63H2,1-13H3. The number of aromatic nitrogens is 2. The van der Waals surface area contributed by atoms with Crippen molar-refractivity contribution in [3.05, 3.63) is 99.2 Å². The minimum Gasteiger partial charge on any atom is -0.493 e. The van der Waals surface area contributed by atoms with Gasteiger partial charge in [0.2, 0.25) is 0 Å². The highest BCUT2D eigenvalue weighted by Gasteiger charge is 2.43. The highest BCUT2D eigenvalue weighted by atomic mass is 32.1. The zero-order chi connectivity index (χ0) is 86.0. The highest BCUT2D eigenvalue weighted by Crippen LogP contribution is 2.59. The molecule has 0 spiro atoms. The van der Waals surface area contributed by atoms with Crippen molar-refractivity contribution in [3.8, 4) is 98.4 Å². The predicted octanol–water partition coefficient (Wildman–Crippen LogP) is 36.1. The third-order valence-corrected chi connectivity index (χ3v) is 36.7. The summed E-state index contributed by atoms with van der Waals surface area (Å²) in [6, 6.07) is 27.4. The topological polar surface area (TPSA) is 109 Å². The fourth-order valence-electron chi connectivity index (χ4n) is 17.6. The Balaban J connectivity index is 0.842. The van der Waals surface area contributed by atoms with Crippen molar-refractivity contribution in [3.63, 3.8) is 0 Å². The van der Waals surface area contributed by atoms with Crippen molar-refractivity contribution in [2.24, 2.45) is 23.7 Å². The number of unbranched alkanes of at least 4 members (excludes halogenated alkanes) is 18. The molecule has 0 bridgehead atoms. The molecule has 0 fully saturated rings. The Bertz CT molecular complexity index is 5480. The Labute approximate surface area is 773 Å².